The number of benzene rings is 3. The molecular weight excluding hydrogens is 380 g/mol. The molecule has 0 radical (unpaired) electrons. The SMILES string of the molecule is Brc1cccc(COc2ccc3cc(Br)ccc3c2)c1. The third kappa shape index (κ3) is 3.22. The van der Waals surface area contributed by atoms with Crippen molar-refractivity contribution in [1.82, 2.24) is 0 Å². The van der Waals surface area contributed by atoms with Crippen molar-refractivity contribution in [2.24, 2.45) is 0 Å². The highest BCUT2D eigenvalue weighted by atomic mass is 79.9. The van der Waals surface area contributed by atoms with Gasteiger partial charge in [-0.25, -0.2) is 0 Å². The van der Waals surface area contributed by atoms with Crippen LogP contribution in [0.3, 0.4) is 0 Å². The number of hydrogen-bond acceptors (Lipinski definition) is 1. The van der Waals surface area contributed by atoms with Gasteiger partial charge in [-0.2, -0.15) is 0 Å². The Hall–Kier alpha value is -1.32. The maximum atomic E-state index is 5.85. The van der Waals surface area contributed by atoms with E-state index in [0.717, 1.165) is 20.3 Å². The van der Waals surface area contributed by atoms with E-state index in [1.54, 1.807) is 0 Å². The van der Waals surface area contributed by atoms with Crippen LogP contribution in [-0.4, -0.2) is 0 Å². The summed E-state index contributed by atoms with van der Waals surface area (Å²) in [7, 11) is 0. The van der Waals surface area contributed by atoms with Crippen LogP contribution in [0.5, 0.6) is 5.75 Å². The third-order valence-corrected chi connectivity index (χ3v) is 4.05. The van der Waals surface area contributed by atoms with E-state index in [-0.39, 0.29) is 0 Å². The van der Waals surface area contributed by atoms with Crippen LogP contribution in [-0.2, 0) is 6.61 Å². The van der Waals surface area contributed by atoms with Crippen molar-refractivity contribution in [3.63, 3.8) is 0 Å². The van der Waals surface area contributed by atoms with Crippen molar-refractivity contribution in [1.29, 1.82) is 0 Å². The molecule has 0 fully saturated rings. The molecule has 0 aliphatic rings. The molecule has 20 heavy (non-hydrogen) atoms. The molecule has 3 rings (SSSR count). The van der Waals surface area contributed by atoms with Gasteiger partial charge in [0, 0.05) is 8.95 Å². The fraction of sp³-hybridized carbons (Fsp3) is 0.0588. The van der Waals surface area contributed by atoms with E-state index in [0.29, 0.717) is 6.61 Å². The Labute approximate surface area is 134 Å². The molecule has 0 aromatic heterocycles. The van der Waals surface area contributed by atoms with Gasteiger partial charge in [0.05, 0.1) is 0 Å². The molecule has 0 heterocycles. The standard InChI is InChI=1S/C17H12Br2O/c18-15-3-1-2-12(8-15)11-20-17-7-5-13-9-16(19)6-4-14(13)10-17/h1-10H,11H2. The van der Waals surface area contributed by atoms with Gasteiger partial charge < -0.3 is 4.74 Å². The van der Waals surface area contributed by atoms with E-state index < -0.39 is 0 Å². The van der Waals surface area contributed by atoms with Crippen LogP contribution in [0.1, 0.15) is 5.56 Å². The van der Waals surface area contributed by atoms with E-state index in [1.807, 2.05) is 24.3 Å². The summed E-state index contributed by atoms with van der Waals surface area (Å²) in [6.07, 6.45) is 0. The highest BCUT2D eigenvalue weighted by Gasteiger charge is 2.00. The van der Waals surface area contributed by atoms with Gasteiger partial charge in [0.25, 0.3) is 0 Å². The first kappa shape index (κ1) is 13.7. The number of rotatable bonds is 3. The second kappa shape index (κ2) is 5.98. The van der Waals surface area contributed by atoms with Crippen LogP contribution in [0, 0.1) is 0 Å². The molecule has 0 bridgehead atoms. The summed E-state index contributed by atoms with van der Waals surface area (Å²) in [5.41, 5.74) is 1.15. The zero-order valence-electron chi connectivity index (χ0n) is 10.6. The summed E-state index contributed by atoms with van der Waals surface area (Å²) in [6.45, 7) is 0.571. The molecule has 0 atom stereocenters. The first-order valence-corrected chi connectivity index (χ1v) is 7.86. The number of halogens is 2. The lowest BCUT2D eigenvalue weighted by Crippen LogP contribution is -1.95. The Balaban J connectivity index is 1.79. The second-order valence-electron chi connectivity index (χ2n) is 4.57. The third-order valence-electron chi connectivity index (χ3n) is 3.07. The van der Waals surface area contributed by atoms with Gasteiger partial charge >= 0.3 is 0 Å². The van der Waals surface area contributed by atoms with Gasteiger partial charge in [0.2, 0.25) is 0 Å². The minimum Gasteiger partial charge on any atom is -0.489 e. The Morgan fingerprint density at radius 1 is 0.750 bits per heavy atom. The lowest BCUT2D eigenvalue weighted by molar-refractivity contribution is 0.306. The maximum absolute atomic E-state index is 5.85. The van der Waals surface area contributed by atoms with E-state index in [4.69, 9.17) is 4.74 Å². The fourth-order valence-electron chi connectivity index (χ4n) is 2.08. The minimum absolute atomic E-state index is 0.571. The van der Waals surface area contributed by atoms with Crippen molar-refractivity contribution >= 4 is 42.6 Å². The molecular formula is C17H12Br2O. The molecule has 3 heteroatoms. The van der Waals surface area contributed by atoms with Gasteiger partial charge in [-0.05, 0) is 52.7 Å². The lowest BCUT2D eigenvalue weighted by Gasteiger charge is -2.08. The predicted octanol–water partition coefficient (Wildman–Crippen LogP) is 5.94. The Kier molecular flexibility index (Phi) is 4.08. The summed E-state index contributed by atoms with van der Waals surface area (Å²) < 4.78 is 8.01. The molecule has 3 aromatic carbocycles. The van der Waals surface area contributed by atoms with Crippen LogP contribution >= 0.6 is 31.9 Å². The number of hydrogen-bond donors (Lipinski definition) is 0. The molecule has 1 nitrogen and oxygen atoms in total. The van der Waals surface area contributed by atoms with Crippen LogP contribution in [0.4, 0.5) is 0 Å². The maximum Gasteiger partial charge on any atom is 0.120 e. The summed E-state index contributed by atoms with van der Waals surface area (Å²) in [4.78, 5) is 0. The predicted molar refractivity (Wildman–Crippen MR) is 90.1 cm³/mol. The molecule has 0 spiro atoms. The monoisotopic (exact) mass is 390 g/mol. The largest absolute Gasteiger partial charge is 0.489 e. The van der Waals surface area contributed by atoms with Crippen LogP contribution in [0.15, 0.2) is 69.6 Å². The summed E-state index contributed by atoms with van der Waals surface area (Å²) >= 11 is 6.95. The first-order chi connectivity index (χ1) is 9.70. The smallest absolute Gasteiger partial charge is 0.120 e. The topological polar surface area (TPSA) is 9.23 Å². The van der Waals surface area contributed by atoms with Crippen LogP contribution in [0.25, 0.3) is 10.8 Å². The highest BCUT2D eigenvalue weighted by molar-refractivity contribution is 9.10. The van der Waals surface area contributed by atoms with E-state index in [2.05, 4.69) is 68.3 Å². The quantitative estimate of drug-likeness (QED) is 0.536. The Bertz CT molecular complexity index is 753. The van der Waals surface area contributed by atoms with Gasteiger partial charge in [0.1, 0.15) is 12.4 Å². The van der Waals surface area contributed by atoms with Crippen molar-refractivity contribution in [2.75, 3.05) is 0 Å². The van der Waals surface area contributed by atoms with Gasteiger partial charge in [-0.1, -0.05) is 56.1 Å². The molecule has 0 unspecified atom stereocenters. The second-order valence-corrected chi connectivity index (χ2v) is 6.40. The van der Waals surface area contributed by atoms with E-state index in [1.165, 1.54) is 10.8 Å². The fourth-order valence-corrected chi connectivity index (χ4v) is 2.90. The van der Waals surface area contributed by atoms with Gasteiger partial charge in [-0.3, -0.25) is 0 Å². The van der Waals surface area contributed by atoms with Gasteiger partial charge in [-0.15, -0.1) is 0 Å². The van der Waals surface area contributed by atoms with Crippen LogP contribution in [0.2, 0.25) is 0 Å². The molecule has 0 N–H and O–H groups in total. The lowest BCUT2D eigenvalue weighted by atomic mass is 10.1. The normalized spacial score (nSPS) is 10.7. The summed E-state index contributed by atoms with van der Waals surface area (Å²) in [5.74, 6) is 0.889. The van der Waals surface area contributed by atoms with E-state index in [9.17, 15) is 0 Å². The van der Waals surface area contributed by atoms with Crippen molar-refractivity contribution in [2.45, 2.75) is 6.61 Å². The first-order valence-electron chi connectivity index (χ1n) is 6.27. The molecule has 100 valence electrons. The molecule has 0 aliphatic carbocycles. The molecule has 0 saturated heterocycles. The van der Waals surface area contributed by atoms with Crippen molar-refractivity contribution < 1.29 is 4.74 Å². The average Bonchev–Trinajstić information content (AvgIpc) is 2.45. The molecule has 0 saturated carbocycles. The average molecular weight is 392 g/mol. The van der Waals surface area contributed by atoms with E-state index >= 15 is 0 Å². The molecule has 0 amide bonds. The highest BCUT2D eigenvalue weighted by Crippen LogP contribution is 2.24. The number of fused-ring (bicyclic) bond motifs is 1. The minimum atomic E-state index is 0.571. The Morgan fingerprint density at radius 3 is 2.35 bits per heavy atom. The summed E-state index contributed by atoms with van der Waals surface area (Å²) in [6, 6.07) is 20.5. The van der Waals surface area contributed by atoms with Crippen molar-refractivity contribution in [3.05, 3.63) is 75.2 Å². The zero-order valence-corrected chi connectivity index (χ0v) is 13.8. The van der Waals surface area contributed by atoms with Crippen LogP contribution < -0.4 is 4.74 Å². The zero-order chi connectivity index (χ0) is 13.9. The Morgan fingerprint density at radius 2 is 1.50 bits per heavy atom. The van der Waals surface area contributed by atoms with Crippen molar-refractivity contribution in [3.8, 4) is 5.75 Å². The molecule has 0 aliphatic heterocycles. The summed E-state index contributed by atoms with van der Waals surface area (Å²) in [5, 5.41) is 2.38. The molecule has 3 aromatic rings. The van der Waals surface area contributed by atoms with Gasteiger partial charge in [0.15, 0.2) is 0 Å². The number of ether oxygens (including phenoxy) is 1.